The molecule has 0 aliphatic heterocycles. The van der Waals surface area contributed by atoms with E-state index in [1.807, 2.05) is 0 Å². The van der Waals surface area contributed by atoms with Crippen molar-refractivity contribution in [3.63, 3.8) is 0 Å². The van der Waals surface area contributed by atoms with Crippen LogP contribution in [0.1, 0.15) is 62.5 Å². The quantitative estimate of drug-likeness (QED) is 0.567. The van der Waals surface area contributed by atoms with Gasteiger partial charge in [0.05, 0.1) is 0 Å². The second kappa shape index (κ2) is 9.08. The van der Waals surface area contributed by atoms with Crippen molar-refractivity contribution in [2.75, 3.05) is 20.6 Å². The lowest BCUT2D eigenvalue weighted by Crippen LogP contribution is -2.14. The van der Waals surface area contributed by atoms with Crippen LogP contribution in [0.5, 0.6) is 0 Å². The van der Waals surface area contributed by atoms with E-state index in [0.29, 0.717) is 0 Å². The first kappa shape index (κ1) is 18.0. The van der Waals surface area contributed by atoms with Gasteiger partial charge in [0, 0.05) is 6.54 Å². The molecule has 0 amide bonds. The molecule has 1 saturated carbocycles. The van der Waals surface area contributed by atoms with Crippen LogP contribution in [0.3, 0.4) is 0 Å². The lowest BCUT2D eigenvalue weighted by atomic mass is 9.77. The van der Waals surface area contributed by atoms with E-state index in [4.69, 9.17) is 0 Å². The predicted molar refractivity (Wildman–Crippen MR) is 103 cm³/mol. The second-order valence-electron chi connectivity index (χ2n) is 7.33. The molecular weight excluding hydrogens is 278 g/mol. The zero-order chi connectivity index (χ0) is 16.7. The predicted octanol–water partition coefficient (Wildman–Crippen LogP) is 5.89. The van der Waals surface area contributed by atoms with Crippen molar-refractivity contribution in [2.45, 2.75) is 51.4 Å². The molecule has 0 saturated heterocycles. The zero-order valence-electron chi connectivity index (χ0n) is 15.2. The largest absolute Gasteiger partial charge is 0.305 e. The van der Waals surface area contributed by atoms with E-state index in [9.17, 15) is 0 Å². The molecule has 1 aliphatic carbocycles. The van der Waals surface area contributed by atoms with Gasteiger partial charge in [-0.15, -0.1) is 0 Å². The van der Waals surface area contributed by atoms with E-state index in [0.717, 1.165) is 18.4 Å². The molecule has 0 atom stereocenters. The van der Waals surface area contributed by atoms with Gasteiger partial charge in [-0.25, -0.2) is 0 Å². The summed E-state index contributed by atoms with van der Waals surface area (Å²) in [7, 11) is 4.18. The first-order valence-corrected chi connectivity index (χ1v) is 9.14. The monoisotopic (exact) mass is 311 g/mol. The van der Waals surface area contributed by atoms with Gasteiger partial charge < -0.3 is 4.90 Å². The molecule has 1 fully saturated rings. The minimum atomic E-state index is 0.768. The van der Waals surface area contributed by atoms with E-state index in [-0.39, 0.29) is 0 Å². The highest BCUT2D eigenvalue weighted by Gasteiger charge is 2.21. The molecule has 2 rings (SSSR count). The average Bonchev–Trinajstić information content (AvgIpc) is 2.55. The molecule has 0 N–H and O–H groups in total. The van der Waals surface area contributed by atoms with Crippen LogP contribution in [0.25, 0.3) is 5.57 Å². The Hall–Kier alpha value is -1.34. The molecular formula is C22H33N. The van der Waals surface area contributed by atoms with Crippen molar-refractivity contribution in [3.8, 4) is 0 Å². The van der Waals surface area contributed by atoms with Crippen LogP contribution in [0.4, 0.5) is 0 Å². The molecule has 23 heavy (non-hydrogen) atoms. The van der Waals surface area contributed by atoms with Crippen molar-refractivity contribution >= 4 is 5.57 Å². The first-order valence-electron chi connectivity index (χ1n) is 9.14. The molecule has 126 valence electrons. The fourth-order valence-corrected chi connectivity index (χ4v) is 3.75. The molecule has 0 heterocycles. The Balaban J connectivity index is 1.85. The number of likely N-dealkylation sites (N-methyl/N-ethyl adjacent to an activating group) is 1. The SMILES string of the molecule is C=C(CN(C)C)c1ccc(C2CCC(CC/C=C/C)CC2)cc1. The van der Waals surface area contributed by atoms with Crippen LogP contribution in [0, 0.1) is 5.92 Å². The highest BCUT2D eigenvalue weighted by Crippen LogP contribution is 2.37. The number of rotatable bonds is 7. The van der Waals surface area contributed by atoms with Gasteiger partial charge in [-0.05, 0) is 88.1 Å². The average molecular weight is 312 g/mol. The Morgan fingerprint density at radius 3 is 2.35 bits per heavy atom. The standard InChI is InChI=1S/C22H33N/c1-5-6-7-8-19-9-11-21(12-10-19)22-15-13-20(14-16-22)18(2)17-23(3)4/h5-6,13-16,19,21H,2,7-12,17H2,1,3-4H3/b6-5+. The van der Waals surface area contributed by atoms with E-state index in [1.54, 1.807) is 0 Å². The van der Waals surface area contributed by atoms with E-state index in [2.05, 4.69) is 68.9 Å². The summed E-state index contributed by atoms with van der Waals surface area (Å²) in [6.07, 6.45) is 12.6. The van der Waals surface area contributed by atoms with Crippen molar-refractivity contribution in [1.82, 2.24) is 4.90 Å². The van der Waals surface area contributed by atoms with Crippen LogP contribution in [-0.4, -0.2) is 25.5 Å². The lowest BCUT2D eigenvalue weighted by Gasteiger charge is -2.28. The van der Waals surface area contributed by atoms with Crippen LogP contribution in [-0.2, 0) is 0 Å². The maximum atomic E-state index is 4.21. The third-order valence-corrected chi connectivity index (χ3v) is 5.12. The summed E-state index contributed by atoms with van der Waals surface area (Å²) in [6, 6.07) is 9.20. The Labute approximate surface area is 143 Å². The Morgan fingerprint density at radius 1 is 1.13 bits per heavy atom. The Kier molecular flexibility index (Phi) is 7.11. The topological polar surface area (TPSA) is 3.24 Å². The van der Waals surface area contributed by atoms with Crippen LogP contribution >= 0.6 is 0 Å². The first-order chi connectivity index (χ1) is 11.1. The summed E-state index contributed by atoms with van der Waals surface area (Å²) < 4.78 is 0. The molecule has 1 aromatic carbocycles. The summed E-state index contributed by atoms with van der Waals surface area (Å²) in [6.45, 7) is 7.25. The normalized spacial score (nSPS) is 21.9. The van der Waals surface area contributed by atoms with Gasteiger partial charge in [-0.3, -0.25) is 0 Å². The molecule has 1 nitrogen and oxygen atoms in total. The van der Waals surface area contributed by atoms with Gasteiger partial charge in [-0.1, -0.05) is 43.0 Å². The zero-order valence-corrected chi connectivity index (χ0v) is 15.2. The third kappa shape index (κ3) is 5.66. The van der Waals surface area contributed by atoms with Gasteiger partial charge in [0.2, 0.25) is 0 Å². The van der Waals surface area contributed by atoms with Gasteiger partial charge in [0.15, 0.2) is 0 Å². The van der Waals surface area contributed by atoms with E-state index >= 15 is 0 Å². The number of benzene rings is 1. The number of nitrogens with zero attached hydrogens (tertiary/aromatic N) is 1. The summed E-state index contributed by atoms with van der Waals surface area (Å²) in [5, 5.41) is 0. The number of hydrogen-bond donors (Lipinski definition) is 0. The van der Waals surface area contributed by atoms with Crippen molar-refractivity contribution < 1.29 is 0 Å². The van der Waals surface area contributed by atoms with Crippen LogP contribution < -0.4 is 0 Å². The summed E-state index contributed by atoms with van der Waals surface area (Å²) in [5.74, 6) is 1.71. The van der Waals surface area contributed by atoms with Crippen LogP contribution in [0.15, 0.2) is 43.0 Å². The van der Waals surface area contributed by atoms with Gasteiger partial charge in [-0.2, -0.15) is 0 Å². The molecule has 0 radical (unpaired) electrons. The molecule has 1 heteroatoms. The maximum Gasteiger partial charge on any atom is 0.0227 e. The third-order valence-electron chi connectivity index (χ3n) is 5.12. The molecule has 0 bridgehead atoms. The lowest BCUT2D eigenvalue weighted by molar-refractivity contribution is 0.312. The van der Waals surface area contributed by atoms with Gasteiger partial charge >= 0.3 is 0 Å². The second-order valence-corrected chi connectivity index (χ2v) is 7.33. The Morgan fingerprint density at radius 2 is 1.78 bits per heavy atom. The van der Waals surface area contributed by atoms with Crippen molar-refractivity contribution in [3.05, 3.63) is 54.1 Å². The van der Waals surface area contributed by atoms with Crippen molar-refractivity contribution in [2.24, 2.45) is 5.92 Å². The van der Waals surface area contributed by atoms with E-state index in [1.165, 1.54) is 55.2 Å². The smallest absolute Gasteiger partial charge is 0.0227 e. The molecule has 1 aliphatic rings. The fraction of sp³-hybridized carbons (Fsp3) is 0.545. The molecule has 0 aromatic heterocycles. The fourth-order valence-electron chi connectivity index (χ4n) is 3.75. The highest BCUT2D eigenvalue weighted by atomic mass is 15.0. The number of allylic oxidation sites excluding steroid dienone is 2. The molecule has 0 unspecified atom stereocenters. The highest BCUT2D eigenvalue weighted by molar-refractivity contribution is 5.64. The minimum Gasteiger partial charge on any atom is -0.305 e. The van der Waals surface area contributed by atoms with Crippen LogP contribution in [0.2, 0.25) is 0 Å². The Bertz CT molecular complexity index is 501. The molecule has 0 spiro atoms. The van der Waals surface area contributed by atoms with E-state index < -0.39 is 0 Å². The molecule has 1 aromatic rings. The van der Waals surface area contributed by atoms with Crippen molar-refractivity contribution in [1.29, 1.82) is 0 Å². The summed E-state index contributed by atoms with van der Waals surface area (Å²) in [5.41, 5.74) is 4.01. The number of hydrogen-bond acceptors (Lipinski definition) is 1. The van der Waals surface area contributed by atoms with Gasteiger partial charge in [0.25, 0.3) is 0 Å². The summed E-state index contributed by atoms with van der Waals surface area (Å²) >= 11 is 0. The maximum absolute atomic E-state index is 4.21. The summed E-state index contributed by atoms with van der Waals surface area (Å²) in [4.78, 5) is 2.17. The van der Waals surface area contributed by atoms with Gasteiger partial charge in [0.1, 0.15) is 0 Å². The minimum absolute atomic E-state index is 0.768.